The van der Waals surface area contributed by atoms with Gasteiger partial charge < -0.3 is 14.6 Å². The molecule has 1 saturated carbocycles. The van der Waals surface area contributed by atoms with E-state index in [0.29, 0.717) is 12.7 Å². The van der Waals surface area contributed by atoms with Crippen LogP contribution in [0.25, 0.3) is 0 Å². The van der Waals surface area contributed by atoms with Gasteiger partial charge in [0.05, 0.1) is 18.3 Å². The Hall–Kier alpha value is -1.10. The van der Waals surface area contributed by atoms with E-state index in [-0.39, 0.29) is 5.41 Å². The zero-order chi connectivity index (χ0) is 17.9. The molecule has 1 saturated heterocycles. The molecule has 1 unspecified atom stereocenters. The Morgan fingerprint density at radius 3 is 2.60 bits per heavy atom. The normalized spacial score (nSPS) is 27.5. The van der Waals surface area contributed by atoms with Gasteiger partial charge in [0, 0.05) is 37.7 Å². The molecule has 0 aromatic heterocycles. The number of para-hydroxylation sites is 1. The number of methoxy groups -OCH3 is 1. The molecule has 0 bridgehead atoms. The standard InChI is InChI=1S/C21H33NO3/c1-20(2)15-22(13-12-21(20,23)16-24-3)14-17-8-4-7-11-19(17)25-18-9-5-6-10-18/h4,7-8,11,18,23H,5-6,9-10,12-16H2,1-3H3. The van der Waals surface area contributed by atoms with Gasteiger partial charge in [0.15, 0.2) is 0 Å². The zero-order valence-corrected chi connectivity index (χ0v) is 16.0. The van der Waals surface area contributed by atoms with Crippen molar-refractivity contribution >= 4 is 0 Å². The van der Waals surface area contributed by atoms with Gasteiger partial charge in [-0.05, 0) is 38.2 Å². The molecule has 1 heterocycles. The first-order chi connectivity index (χ1) is 11.9. The van der Waals surface area contributed by atoms with Crippen molar-refractivity contribution in [2.75, 3.05) is 26.8 Å². The molecule has 25 heavy (non-hydrogen) atoms. The molecular weight excluding hydrogens is 314 g/mol. The number of ether oxygens (including phenoxy) is 2. The van der Waals surface area contributed by atoms with E-state index in [1.807, 2.05) is 0 Å². The SMILES string of the molecule is COCC1(O)CCN(Cc2ccccc2OC2CCCC2)CC1(C)C. The average molecular weight is 347 g/mol. The third-order valence-electron chi connectivity index (χ3n) is 6.07. The van der Waals surface area contributed by atoms with Crippen molar-refractivity contribution in [2.45, 2.75) is 64.2 Å². The van der Waals surface area contributed by atoms with Crippen molar-refractivity contribution in [3.8, 4) is 5.75 Å². The van der Waals surface area contributed by atoms with E-state index in [2.05, 4.69) is 43.0 Å². The summed E-state index contributed by atoms with van der Waals surface area (Å²) in [5.74, 6) is 1.03. The van der Waals surface area contributed by atoms with Crippen LogP contribution in [0.4, 0.5) is 0 Å². The fourth-order valence-corrected chi connectivity index (χ4v) is 4.28. The smallest absolute Gasteiger partial charge is 0.124 e. The largest absolute Gasteiger partial charge is 0.490 e. The molecule has 1 atom stereocenters. The fraction of sp³-hybridized carbons (Fsp3) is 0.714. The second-order valence-electron chi connectivity index (χ2n) is 8.44. The summed E-state index contributed by atoms with van der Waals surface area (Å²) in [6.45, 7) is 7.27. The second kappa shape index (κ2) is 7.65. The first-order valence-electron chi connectivity index (χ1n) is 9.62. The number of rotatable bonds is 6. The Morgan fingerprint density at radius 1 is 1.20 bits per heavy atom. The number of hydrogen-bond donors (Lipinski definition) is 1. The highest BCUT2D eigenvalue weighted by molar-refractivity contribution is 5.33. The second-order valence-corrected chi connectivity index (χ2v) is 8.44. The molecule has 1 aliphatic carbocycles. The van der Waals surface area contributed by atoms with E-state index in [1.54, 1.807) is 7.11 Å². The minimum absolute atomic E-state index is 0.206. The molecule has 140 valence electrons. The number of benzene rings is 1. The number of likely N-dealkylation sites (tertiary alicyclic amines) is 1. The minimum Gasteiger partial charge on any atom is -0.490 e. The first kappa shape index (κ1) is 18.7. The lowest BCUT2D eigenvalue weighted by atomic mass is 9.70. The van der Waals surface area contributed by atoms with Crippen molar-refractivity contribution in [1.82, 2.24) is 4.90 Å². The molecule has 0 amide bonds. The van der Waals surface area contributed by atoms with Gasteiger partial charge in [-0.3, -0.25) is 4.90 Å². The number of nitrogens with zero attached hydrogens (tertiary/aromatic N) is 1. The van der Waals surface area contributed by atoms with Crippen LogP contribution in [-0.4, -0.2) is 48.5 Å². The Labute approximate surface area is 152 Å². The van der Waals surface area contributed by atoms with Crippen LogP contribution >= 0.6 is 0 Å². The predicted molar refractivity (Wildman–Crippen MR) is 99.8 cm³/mol. The summed E-state index contributed by atoms with van der Waals surface area (Å²) in [5, 5.41) is 11.0. The number of aliphatic hydroxyl groups is 1. The fourth-order valence-electron chi connectivity index (χ4n) is 4.28. The summed E-state index contributed by atoms with van der Waals surface area (Å²) < 4.78 is 11.6. The summed E-state index contributed by atoms with van der Waals surface area (Å²) in [7, 11) is 1.66. The van der Waals surface area contributed by atoms with Crippen LogP contribution < -0.4 is 4.74 Å². The summed E-state index contributed by atoms with van der Waals surface area (Å²) in [6, 6.07) is 8.43. The first-order valence-corrected chi connectivity index (χ1v) is 9.62. The molecule has 1 N–H and O–H groups in total. The van der Waals surface area contributed by atoms with Gasteiger partial charge in [-0.1, -0.05) is 32.0 Å². The van der Waals surface area contributed by atoms with Crippen LogP contribution in [0.3, 0.4) is 0 Å². The van der Waals surface area contributed by atoms with Crippen molar-refractivity contribution < 1.29 is 14.6 Å². The molecule has 4 nitrogen and oxygen atoms in total. The predicted octanol–water partition coefficient (Wildman–Crippen LogP) is 3.62. The molecule has 3 rings (SSSR count). The molecule has 1 aromatic rings. The van der Waals surface area contributed by atoms with Gasteiger partial charge >= 0.3 is 0 Å². The van der Waals surface area contributed by atoms with Crippen LogP contribution in [0.5, 0.6) is 5.75 Å². The summed E-state index contributed by atoms with van der Waals surface area (Å²) in [4.78, 5) is 2.43. The number of hydrogen-bond acceptors (Lipinski definition) is 4. The highest BCUT2D eigenvalue weighted by atomic mass is 16.5. The van der Waals surface area contributed by atoms with E-state index in [0.717, 1.165) is 31.8 Å². The summed E-state index contributed by atoms with van der Waals surface area (Å²) >= 11 is 0. The van der Waals surface area contributed by atoms with Crippen molar-refractivity contribution in [1.29, 1.82) is 0 Å². The monoisotopic (exact) mass is 347 g/mol. The van der Waals surface area contributed by atoms with E-state index in [1.165, 1.54) is 31.2 Å². The highest BCUT2D eigenvalue weighted by Crippen LogP contribution is 2.39. The van der Waals surface area contributed by atoms with Gasteiger partial charge in [-0.15, -0.1) is 0 Å². The van der Waals surface area contributed by atoms with Crippen LogP contribution in [0.1, 0.15) is 51.5 Å². The lowest BCUT2D eigenvalue weighted by molar-refractivity contribution is -0.151. The Bertz CT molecular complexity index is 568. The van der Waals surface area contributed by atoms with E-state index >= 15 is 0 Å². The third kappa shape index (κ3) is 4.18. The van der Waals surface area contributed by atoms with E-state index in [4.69, 9.17) is 9.47 Å². The maximum absolute atomic E-state index is 11.0. The van der Waals surface area contributed by atoms with Gasteiger partial charge in [0.25, 0.3) is 0 Å². The molecule has 1 aliphatic heterocycles. The molecule has 2 aliphatic rings. The van der Waals surface area contributed by atoms with Gasteiger partial charge in [0.2, 0.25) is 0 Å². The quantitative estimate of drug-likeness (QED) is 0.853. The minimum atomic E-state index is -0.752. The van der Waals surface area contributed by atoms with Crippen molar-refractivity contribution in [3.63, 3.8) is 0 Å². The summed E-state index contributed by atoms with van der Waals surface area (Å²) in [6.07, 6.45) is 6.03. The lowest BCUT2D eigenvalue weighted by Gasteiger charge is -2.50. The molecule has 1 aromatic carbocycles. The topological polar surface area (TPSA) is 41.9 Å². The zero-order valence-electron chi connectivity index (χ0n) is 16.0. The number of piperidine rings is 1. The van der Waals surface area contributed by atoms with E-state index in [9.17, 15) is 5.11 Å². The van der Waals surface area contributed by atoms with Gasteiger partial charge in [-0.25, -0.2) is 0 Å². The Morgan fingerprint density at radius 2 is 1.92 bits per heavy atom. The highest BCUT2D eigenvalue weighted by Gasteiger charge is 2.47. The third-order valence-corrected chi connectivity index (χ3v) is 6.07. The molecular formula is C21H33NO3. The van der Waals surface area contributed by atoms with Crippen molar-refractivity contribution in [3.05, 3.63) is 29.8 Å². The molecule has 0 spiro atoms. The lowest BCUT2D eigenvalue weighted by Crippen LogP contribution is -2.59. The molecule has 2 fully saturated rings. The average Bonchev–Trinajstić information content (AvgIpc) is 3.06. The maximum atomic E-state index is 11.0. The van der Waals surface area contributed by atoms with Gasteiger partial charge in [-0.2, -0.15) is 0 Å². The van der Waals surface area contributed by atoms with Crippen LogP contribution in [0, 0.1) is 5.41 Å². The maximum Gasteiger partial charge on any atom is 0.124 e. The van der Waals surface area contributed by atoms with Crippen molar-refractivity contribution in [2.24, 2.45) is 5.41 Å². The van der Waals surface area contributed by atoms with Crippen LogP contribution in [0.15, 0.2) is 24.3 Å². The van der Waals surface area contributed by atoms with E-state index < -0.39 is 5.60 Å². The Kier molecular flexibility index (Phi) is 5.71. The Balaban J connectivity index is 1.67. The van der Waals surface area contributed by atoms with Crippen LogP contribution in [-0.2, 0) is 11.3 Å². The molecule has 0 radical (unpaired) electrons. The molecule has 4 heteroatoms. The van der Waals surface area contributed by atoms with Gasteiger partial charge in [0.1, 0.15) is 5.75 Å². The van der Waals surface area contributed by atoms with Crippen LogP contribution in [0.2, 0.25) is 0 Å². The summed E-state index contributed by atoms with van der Waals surface area (Å²) in [5.41, 5.74) is 0.294.